The minimum atomic E-state index is -0.0185. The minimum absolute atomic E-state index is 0.0185. The van der Waals surface area contributed by atoms with Crippen molar-refractivity contribution in [3.8, 4) is 11.4 Å². The van der Waals surface area contributed by atoms with E-state index in [2.05, 4.69) is 20.2 Å². The molecule has 0 atom stereocenters. The van der Waals surface area contributed by atoms with Gasteiger partial charge in [-0.2, -0.15) is 5.10 Å². The number of furan rings is 1. The molecule has 0 unspecified atom stereocenters. The maximum Gasteiger partial charge on any atom is 0.258 e. The molecule has 7 nitrogen and oxygen atoms in total. The number of carbonyl (C=O) groups excluding carboxylic acids is 1. The Balaban J connectivity index is 1.46. The van der Waals surface area contributed by atoms with E-state index in [1.54, 1.807) is 12.4 Å². The first kappa shape index (κ1) is 14.9. The molecule has 0 fully saturated rings. The highest BCUT2D eigenvalue weighted by Gasteiger charge is 2.26. The second kappa shape index (κ2) is 5.59. The SMILES string of the molecule is Cc1cc2cccc(C(=O)N3CCc4nc(-c5cn[nH]c5)[nH]c4C3)c2o1. The maximum absolute atomic E-state index is 13.1. The molecule has 1 aliphatic heterocycles. The summed E-state index contributed by atoms with van der Waals surface area (Å²) in [5, 5.41) is 7.70. The highest BCUT2D eigenvalue weighted by atomic mass is 16.3. The zero-order valence-corrected chi connectivity index (χ0v) is 14.2. The molecule has 0 radical (unpaired) electrons. The van der Waals surface area contributed by atoms with Gasteiger partial charge in [-0.25, -0.2) is 4.98 Å². The predicted octanol–water partition coefficient (Wildman–Crippen LogP) is 3.05. The van der Waals surface area contributed by atoms with Gasteiger partial charge in [-0.3, -0.25) is 9.89 Å². The molecule has 0 saturated carbocycles. The number of amides is 1. The molecule has 1 amide bonds. The lowest BCUT2D eigenvalue weighted by Gasteiger charge is -2.26. The molecular formula is C19H17N5O2. The molecule has 4 aromatic rings. The molecule has 5 rings (SSSR count). The van der Waals surface area contributed by atoms with Crippen LogP contribution in [0.25, 0.3) is 22.4 Å². The number of hydrogen-bond acceptors (Lipinski definition) is 4. The number of hydrogen-bond donors (Lipinski definition) is 2. The molecule has 0 saturated heterocycles. The van der Waals surface area contributed by atoms with Crippen LogP contribution in [0.1, 0.15) is 27.5 Å². The fourth-order valence-corrected chi connectivity index (χ4v) is 3.51. The van der Waals surface area contributed by atoms with Crippen LogP contribution < -0.4 is 0 Å². The number of H-pyrrole nitrogens is 2. The van der Waals surface area contributed by atoms with Gasteiger partial charge in [0.2, 0.25) is 0 Å². The number of para-hydroxylation sites is 1. The normalized spacial score (nSPS) is 14.0. The molecule has 3 aromatic heterocycles. The van der Waals surface area contributed by atoms with Crippen LogP contribution in [-0.2, 0) is 13.0 Å². The third kappa shape index (κ3) is 2.32. The van der Waals surface area contributed by atoms with E-state index in [9.17, 15) is 4.79 Å². The first-order valence-corrected chi connectivity index (χ1v) is 8.54. The van der Waals surface area contributed by atoms with E-state index in [1.807, 2.05) is 36.1 Å². The smallest absolute Gasteiger partial charge is 0.258 e. The molecule has 0 spiro atoms. The van der Waals surface area contributed by atoms with Crippen LogP contribution in [0.3, 0.4) is 0 Å². The molecule has 1 aromatic carbocycles. The summed E-state index contributed by atoms with van der Waals surface area (Å²) in [6, 6.07) is 7.63. The summed E-state index contributed by atoms with van der Waals surface area (Å²) in [5.74, 6) is 1.57. The topological polar surface area (TPSA) is 90.8 Å². The van der Waals surface area contributed by atoms with E-state index in [1.165, 1.54) is 0 Å². The Hall–Kier alpha value is -3.35. The number of aromatic nitrogens is 4. The molecule has 2 N–H and O–H groups in total. The van der Waals surface area contributed by atoms with Crippen LogP contribution in [0.4, 0.5) is 0 Å². The fraction of sp³-hybridized carbons (Fsp3) is 0.211. The lowest BCUT2D eigenvalue weighted by Crippen LogP contribution is -2.36. The molecule has 0 aliphatic carbocycles. The van der Waals surface area contributed by atoms with Gasteiger partial charge in [-0.1, -0.05) is 12.1 Å². The third-order valence-electron chi connectivity index (χ3n) is 4.79. The van der Waals surface area contributed by atoms with Gasteiger partial charge >= 0.3 is 0 Å². The number of rotatable bonds is 2. The van der Waals surface area contributed by atoms with Crippen molar-refractivity contribution in [1.82, 2.24) is 25.1 Å². The Morgan fingerprint density at radius 1 is 1.35 bits per heavy atom. The maximum atomic E-state index is 13.1. The molecule has 1 aliphatic rings. The number of carbonyl (C=O) groups is 1. The van der Waals surface area contributed by atoms with Crippen LogP contribution in [-0.4, -0.2) is 37.5 Å². The van der Waals surface area contributed by atoms with Gasteiger partial charge in [-0.15, -0.1) is 0 Å². The number of nitrogens with zero attached hydrogens (tertiary/aromatic N) is 3. The third-order valence-corrected chi connectivity index (χ3v) is 4.79. The number of fused-ring (bicyclic) bond motifs is 2. The van der Waals surface area contributed by atoms with E-state index in [-0.39, 0.29) is 5.91 Å². The number of nitrogens with one attached hydrogen (secondary N) is 2. The van der Waals surface area contributed by atoms with Crippen LogP contribution in [0.15, 0.2) is 41.1 Å². The summed E-state index contributed by atoms with van der Waals surface area (Å²) < 4.78 is 5.76. The summed E-state index contributed by atoms with van der Waals surface area (Å²) >= 11 is 0. The average molecular weight is 347 g/mol. The summed E-state index contributed by atoms with van der Waals surface area (Å²) in [4.78, 5) is 22.9. The molecule has 0 bridgehead atoms. The average Bonchev–Trinajstić information content (AvgIpc) is 3.37. The second-order valence-electron chi connectivity index (χ2n) is 6.56. The lowest BCUT2D eigenvalue weighted by molar-refractivity contribution is 0.0733. The summed E-state index contributed by atoms with van der Waals surface area (Å²) in [5.41, 5.74) is 4.16. The van der Waals surface area contributed by atoms with Gasteiger partial charge in [-0.05, 0) is 19.1 Å². The Labute approximate surface area is 149 Å². The van der Waals surface area contributed by atoms with E-state index in [0.29, 0.717) is 24.2 Å². The van der Waals surface area contributed by atoms with Crippen molar-refractivity contribution in [1.29, 1.82) is 0 Å². The monoisotopic (exact) mass is 347 g/mol. The molecule has 26 heavy (non-hydrogen) atoms. The second-order valence-corrected chi connectivity index (χ2v) is 6.56. The van der Waals surface area contributed by atoms with Crippen molar-refractivity contribution in [2.75, 3.05) is 6.54 Å². The standard InChI is InChI=1S/C19H17N5O2/c1-11-7-12-3-2-4-14(17(12)26-11)19(25)24-6-5-15-16(10-24)23-18(22-15)13-8-20-21-9-13/h2-4,7-9H,5-6,10H2,1H3,(H,20,21)(H,22,23). The highest BCUT2D eigenvalue weighted by Crippen LogP contribution is 2.27. The number of benzene rings is 1. The first-order chi connectivity index (χ1) is 12.7. The van der Waals surface area contributed by atoms with E-state index >= 15 is 0 Å². The van der Waals surface area contributed by atoms with Gasteiger partial charge in [0, 0.05) is 24.5 Å². The predicted molar refractivity (Wildman–Crippen MR) is 95.6 cm³/mol. The molecule has 130 valence electrons. The van der Waals surface area contributed by atoms with Crippen molar-refractivity contribution in [2.45, 2.75) is 19.9 Å². The van der Waals surface area contributed by atoms with E-state index in [0.717, 1.165) is 40.3 Å². The van der Waals surface area contributed by atoms with E-state index in [4.69, 9.17) is 4.42 Å². The summed E-state index contributed by atoms with van der Waals surface area (Å²) in [6.45, 7) is 3.04. The van der Waals surface area contributed by atoms with Crippen LogP contribution >= 0.6 is 0 Å². The number of imidazole rings is 1. The van der Waals surface area contributed by atoms with Crippen molar-refractivity contribution >= 4 is 16.9 Å². The van der Waals surface area contributed by atoms with Gasteiger partial charge in [0.15, 0.2) is 0 Å². The lowest BCUT2D eigenvalue weighted by atomic mass is 10.1. The summed E-state index contributed by atoms with van der Waals surface area (Å²) in [6.07, 6.45) is 4.25. The molecular weight excluding hydrogens is 330 g/mol. The van der Waals surface area contributed by atoms with Gasteiger partial charge < -0.3 is 14.3 Å². The fourth-order valence-electron chi connectivity index (χ4n) is 3.51. The van der Waals surface area contributed by atoms with E-state index < -0.39 is 0 Å². The first-order valence-electron chi connectivity index (χ1n) is 8.54. The highest BCUT2D eigenvalue weighted by molar-refractivity contribution is 6.05. The Morgan fingerprint density at radius 3 is 3.12 bits per heavy atom. The number of aromatic amines is 2. The number of aryl methyl sites for hydroxylation is 1. The van der Waals surface area contributed by atoms with Crippen molar-refractivity contribution in [3.05, 3.63) is 59.4 Å². The Bertz CT molecular complexity index is 1110. The van der Waals surface area contributed by atoms with Gasteiger partial charge in [0.05, 0.1) is 35.3 Å². The summed E-state index contributed by atoms with van der Waals surface area (Å²) in [7, 11) is 0. The minimum Gasteiger partial charge on any atom is -0.461 e. The van der Waals surface area contributed by atoms with Crippen LogP contribution in [0.2, 0.25) is 0 Å². The van der Waals surface area contributed by atoms with Gasteiger partial charge in [0.1, 0.15) is 17.2 Å². The van der Waals surface area contributed by atoms with Crippen LogP contribution in [0, 0.1) is 6.92 Å². The molecule has 7 heteroatoms. The quantitative estimate of drug-likeness (QED) is 0.583. The van der Waals surface area contributed by atoms with Crippen molar-refractivity contribution < 1.29 is 9.21 Å². The Kier molecular flexibility index (Phi) is 3.21. The zero-order valence-electron chi connectivity index (χ0n) is 14.2. The van der Waals surface area contributed by atoms with Crippen LogP contribution in [0.5, 0.6) is 0 Å². The van der Waals surface area contributed by atoms with Crippen molar-refractivity contribution in [2.24, 2.45) is 0 Å². The van der Waals surface area contributed by atoms with Crippen molar-refractivity contribution in [3.63, 3.8) is 0 Å². The van der Waals surface area contributed by atoms with Gasteiger partial charge in [0.25, 0.3) is 5.91 Å². The molecule has 4 heterocycles. The Morgan fingerprint density at radius 2 is 2.27 bits per heavy atom. The largest absolute Gasteiger partial charge is 0.461 e. The zero-order chi connectivity index (χ0) is 17.7.